The van der Waals surface area contributed by atoms with Crippen molar-refractivity contribution >= 4 is 34.8 Å². The maximum absolute atomic E-state index is 12.4. The van der Waals surface area contributed by atoms with Crippen LogP contribution in [0.1, 0.15) is 26.7 Å². The van der Waals surface area contributed by atoms with E-state index in [2.05, 4.69) is 10.2 Å². The van der Waals surface area contributed by atoms with Crippen LogP contribution in [0, 0.1) is 0 Å². The molecule has 0 radical (unpaired) electrons. The Morgan fingerprint density at radius 2 is 2.27 bits per heavy atom. The molecule has 122 valence electrons. The summed E-state index contributed by atoms with van der Waals surface area (Å²) in [6, 6.07) is 4.97. The van der Waals surface area contributed by atoms with Crippen LogP contribution in [0.15, 0.2) is 18.2 Å². The number of amides is 1. The first kappa shape index (κ1) is 17.5. The number of carbonyl (C=O) groups is 1. The molecule has 1 aromatic rings. The summed E-state index contributed by atoms with van der Waals surface area (Å²) in [7, 11) is 0. The third-order valence-electron chi connectivity index (χ3n) is 3.95. The van der Waals surface area contributed by atoms with Gasteiger partial charge in [-0.05, 0) is 45.4 Å². The fourth-order valence-electron chi connectivity index (χ4n) is 2.69. The van der Waals surface area contributed by atoms with E-state index in [1.165, 1.54) is 0 Å². The Bertz CT molecular complexity index is 523. The normalized spacial score (nSPS) is 20.6. The molecule has 4 nitrogen and oxygen atoms in total. The summed E-state index contributed by atoms with van der Waals surface area (Å²) in [5, 5.41) is 3.66. The Kier molecular flexibility index (Phi) is 6.50. The molecule has 1 N–H and O–H groups in total. The van der Waals surface area contributed by atoms with Gasteiger partial charge in [-0.25, -0.2) is 0 Å². The number of ether oxygens (including phenoxy) is 1. The van der Waals surface area contributed by atoms with Crippen LogP contribution in [0.3, 0.4) is 0 Å². The highest BCUT2D eigenvalue weighted by atomic mass is 35.5. The number of benzene rings is 1. The molecule has 1 amide bonds. The largest absolute Gasteiger partial charge is 0.377 e. The lowest BCUT2D eigenvalue weighted by molar-refractivity contribution is -0.122. The van der Waals surface area contributed by atoms with Crippen molar-refractivity contribution in [1.29, 1.82) is 0 Å². The van der Waals surface area contributed by atoms with Gasteiger partial charge >= 0.3 is 0 Å². The topological polar surface area (TPSA) is 41.6 Å². The minimum absolute atomic E-state index is 0.0821. The first-order valence-corrected chi connectivity index (χ1v) is 8.39. The molecule has 0 aliphatic carbocycles. The Hall–Kier alpha value is -0.810. The van der Waals surface area contributed by atoms with Gasteiger partial charge in [0, 0.05) is 13.2 Å². The quantitative estimate of drug-likeness (QED) is 0.882. The third-order valence-corrected chi connectivity index (χ3v) is 4.77. The monoisotopic (exact) mass is 344 g/mol. The Balaban J connectivity index is 1.98. The molecular weight excluding hydrogens is 323 g/mol. The number of anilines is 1. The molecule has 1 aliphatic rings. The first-order valence-electron chi connectivity index (χ1n) is 7.63. The average Bonchev–Trinajstić information content (AvgIpc) is 2.51. The van der Waals surface area contributed by atoms with Crippen molar-refractivity contribution < 1.29 is 9.53 Å². The van der Waals surface area contributed by atoms with Crippen LogP contribution in [0.4, 0.5) is 5.69 Å². The van der Waals surface area contributed by atoms with Crippen molar-refractivity contribution in [3.05, 3.63) is 28.2 Å². The van der Waals surface area contributed by atoms with Crippen LogP contribution in [0.5, 0.6) is 0 Å². The molecule has 0 bridgehead atoms. The summed E-state index contributed by atoms with van der Waals surface area (Å²) in [6.45, 7) is 6.29. The zero-order valence-electron chi connectivity index (χ0n) is 12.9. The molecule has 22 heavy (non-hydrogen) atoms. The van der Waals surface area contributed by atoms with E-state index < -0.39 is 0 Å². The lowest BCUT2D eigenvalue weighted by atomic mass is 10.1. The zero-order chi connectivity index (χ0) is 16.1. The van der Waals surface area contributed by atoms with Gasteiger partial charge in [0.25, 0.3) is 0 Å². The Morgan fingerprint density at radius 1 is 1.50 bits per heavy atom. The van der Waals surface area contributed by atoms with Gasteiger partial charge in [0.2, 0.25) is 5.91 Å². The molecular formula is C16H22Cl2N2O2. The van der Waals surface area contributed by atoms with Gasteiger partial charge in [0.05, 0.1) is 27.9 Å². The van der Waals surface area contributed by atoms with Crippen LogP contribution < -0.4 is 5.32 Å². The second-order valence-electron chi connectivity index (χ2n) is 5.48. The van der Waals surface area contributed by atoms with Crippen molar-refractivity contribution in [3.8, 4) is 0 Å². The molecule has 1 heterocycles. The number of nitrogens with zero attached hydrogens (tertiary/aromatic N) is 1. The van der Waals surface area contributed by atoms with Crippen molar-refractivity contribution in [2.24, 2.45) is 0 Å². The lowest BCUT2D eigenvalue weighted by Gasteiger charge is -2.35. The average molecular weight is 345 g/mol. The highest BCUT2D eigenvalue weighted by Gasteiger charge is 2.28. The van der Waals surface area contributed by atoms with Crippen LogP contribution in [0.25, 0.3) is 0 Å². The fraction of sp³-hybridized carbons (Fsp3) is 0.562. The van der Waals surface area contributed by atoms with Gasteiger partial charge in [-0.1, -0.05) is 29.3 Å². The molecule has 1 fully saturated rings. The number of nitrogens with one attached hydrogen (secondary N) is 1. The van der Waals surface area contributed by atoms with E-state index in [1.54, 1.807) is 18.2 Å². The highest BCUT2D eigenvalue weighted by Crippen LogP contribution is 2.29. The molecule has 1 saturated heterocycles. The van der Waals surface area contributed by atoms with E-state index in [-0.39, 0.29) is 18.1 Å². The molecule has 2 rings (SSSR count). The predicted molar refractivity (Wildman–Crippen MR) is 90.8 cm³/mol. The van der Waals surface area contributed by atoms with Crippen molar-refractivity contribution in [3.63, 3.8) is 0 Å². The van der Waals surface area contributed by atoms with Gasteiger partial charge in [-0.15, -0.1) is 0 Å². The van der Waals surface area contributed by atoms with Crippen molar-refractivity contribution in [2.45, 2.75) is 38.8 Å². The van der Waals surface area contributed by atoms with E-state index in [0.29, 0.717) is 22.3 Å². The molecule has 0 saturated carbocycles. The van der Waals surface area contributed by atoms with Gasteiger partial charge < -0.3 is 10.1 Å². The first-order chi connectivity index (χ1) is 10.5. The van der Waals surface area contributed by atoms with Gasteiger partial charge in [-0.2, -0.15) is 0 Å². The minimum Gasteiger partial charge on any atom is -0.377 e. The fourth-order valence-corrected chi connectivity index (χ4v) is 3.04. The smallest absolute Gasteiger partial charge is 0.241 e. The predicted octanol–water partition coefficient (Wildman–Crippen LogP) is 3.82. The number of carbonyl (C=O) groups excluding carboxylic acids is 1. The van der Waals surface area contributed by atoms with E-state index in [4.69, 9.17) is 27.9 Å². The van der Waals surface area contributed by atoms with Gasteiger partial charge in [0.15, 0.2) is 0 Å². The summed E-state index contributed by atoms with van der Waals surface area (Å²) in [5.74, 6) is -0.0821. The van der Waals surface area contributed by atoms with E-state index in [0.717, 1.165) is 25.9 Å². The number of hydrogen-bond donors (Lipinski definition) is 1. The van der Waals surface area contributed by atoms with Crippen molar-refractivity contribution in [1.82, 2.24) is 4.90 Å². The number of piperidine rings is 1. The molecule has 0 spiro atoms. The zero-order valence-corrected chi connectivity index (χ0v) is 14.5. The van der Waals surface area contributed by atoms with Crippen LogP contribution in [-0.4, -0.2) is 42.6 Å². The summed E-state index contributed by atoms with van der Waals surface area (Å²) in [6.07, 6.45) is 2.31. The second kappa shape index (κ2) is 8.16. The van der Waals surface area contributed by atoms with Crippen LogP contribution in [0.2, 0.25) is 10.0 Å². The van der Waals surface area contributed by atoms with Gasteiger partial charge in [0.1, 0.15) is 0 Å². The third kappa shape index (κ3) is 4.35. The van der Waals surface area contributed by atoms with E-state index in [9.17, 15) is 4.79 Å². The lowest BCUT2D eigenvalue weighted by Crippen LogP contribution is -2.49. The maximum atomic E-state index is 12.4. The summed E-state index contributed by atoms with van der Waals surface area (Å²) in [4.78, 5) is 14.6. The molecule has 0 aromatic heterocycles. The summed E-state index contributed by atoms with van der Waals surface area (Å²) >= 11 is 12.1. The summed E-state index contributed by atoms with van der Waals surface area (Å²) in [5.41, 5.74) is 0.546. The molecule has 2 unspecified atom stereocenters. The molecule has 1 aromatic carbocycles. The number of halogens is 2. The standard InChI is InChI=1S/C16H22Cl2N2O2/c1-3-22-12-6-5-9-20(10-12)11(2)16(21)19-14-8-4-7-13(17)15(14)18/h4,7-8,11-12H,3,5-6,9-10H2,1-2H3,(H,19,21). The van der Waals surface area contributed by atoms with E-state index in [1.807, 2.05) is 13.8 Å². The molecule has 2 atom stereocenters. The van der Waals surface area contributed by atoms with Crippen LogP contribution in [-0.2, 0) is 9.53 Å². The van der Waals surface area contributed by atoms with Crippen molar-refractivity contribution in [2.75, 3.05) is 25.0 Å². The number of rotatable bonds is 5. The maximum Gasteiger partial charge on any atom is 0.241 e. The second-order valence-corrected chi connectivity index (χ2v) is 6.27. The minimum atomic E-state index is -0.238. The Labute approximate surface area is 141 Å². The van der Waals surface area contributed by atoms with E-state index >= 15 is 0 Å². The molecule has 1 aliphatic heterocycles. The van der Waals surface area contributed by atoms with Crippen LogP contribution >= 0.6 is 23.2 Å². The molecule has 6 heteroatoms. The number of likely N-dealkylation sites (tertiary alicyclic amines) is 1. The summed E-state index contributed by atoms with van der Waals surface area (Å²) < 4.78 is 5.68. The van der Waals surface area contributed by atoms with Gasteiger partial charge in [-0.3, -0.25) is 9.69 Å². The number of hydrogen-bond acceptors (Lipinski definition) is 3. The SMILES string of the molecule is CCOC1CCCN(C(C)C(=O)Nc2cccc(Cl)c2Cl)C1. The Morgan fingerprint density at radius 3 is 3.00 bits per heavy atom. The highest BCUT2D eigenvalue weighted by molar-refractivity contribution is 6.44.